The number of carbonyl (C=O) groups excluding carboxylic acids is 1. The molecule has 0 bridgehead atoms. The van der Waals surface area contributed by atoms with Crippen molar-refractivity contribution in [2.45, 2.75) is 13.5 Å². The Hall–Kier alpha value is -2.20. The van der Waals surface area contributed by atoms with Crippen LogP contribution in [0.5, 0.6) is 0 Å². The molecule has 0 spiro atoms. The minimum absolute atomic E-state index is 0.194. The molecule has 3 nitrogen and oxygen atoms in total. The van der Waals surface area contributed by atoms with Gasteiger partial charge in [-0.2, -0.15) is 0 Å². The number of esters is 1. The highest BCUT2D eigenvalue weighted by Gasteiger charge is 2.16. The first kappa shape index (κ1) is 14.2. The number of methoxy groups -OCH3 is 1. The lowest BCUT2D eigenvalue weighted by molar-refractivity contribution is 0.0601. The smallest absolute Gasteiger partial charge is 0.338 e. The normalized spacial score (nSPS) is 10.4. The molecule has 1 N–H and O–H groups in total. The molecule has 0 heterocycles. The van der Waals surface area contributed by atoms with Gasteiger partial charge in [0.1, 0.15) is 5.82 Å². The van der Waals surface area contributed by atoms with Crippen LogP contribution in [0.25, 0.3) is 11.1 Å². The maximum atomic E-state index is 14.0. The third kappa shape index (κ3) is 2.70. The highest BCUT2D eigenvalue weighted by molar-refractivity contribution is 5.97. The Labute approximate surface area is 116 Å². The van der Waals surface area contributed by atoms with Gasteiger partial charge in [0.25, 0.3) is 0 Å². The molecule has 0 fully saturated rings. The van der Waals surface area contributed by atoms with E-state index in [0.29, 0.717) is 16.7 Å². The van der Waals surface area contributed by atoms with E-state index in [9.17, 15) is 9.18 Å². The molecule has 0 aliphatic carbocycles. The molecule has 0 unspecified atom stereocenters. The predicted octanol–water partition coefficient (Wildman–Crippen LogP) is 3.08. The minimum Gasteiger partial charge on any atom is -0.465 e. The van der Waals surface area contributed by atoms with E-state index < -0.39 is 11.8 Å². The van der Waals surface area contributed by atoms with Gasteiger partial charge in [0.15, 0.2) is 0 Å². The summed E-state index contributed by atoms with van der Waals surface area (Å²) in [7, 11) is 1.27. The van der Waals surface area contributed by atoms with Gasteiger partial charge < -0.3 is 9.84 Å². The van der Waals surface area contributed by atoms with Crippen LogP contribution < -0.4 is 0 Å². The maximum absolute atomic E-state index is 14.0. The van der Waals surface area contributed by atoms with Crippen molar-refractivity contribution < 1.29 is 19.0 Å². The monoisotopic (exact) mass is 274 g/mol. The number of aliphatic hydroxyl groups is 1. The summed E-state index contributed by atoms with van der Waals surface area (Å²) in [6.07, 6.45) is 0. The average molecular weight is 274 g/mol. The van der Waals surface area contributed by atoms with Gasteiger partial charge in [0.2, 0.25) is 0 Å². The Kier molecular flexibility index (Phi) is 4.15. The molecule has 2 aromatic rings. The van der Waals surface area contributed by atoms with Gasteiger partial charge in [-0.1, -0.05) is 23.8 Å². The molecular weight excluding hydrogens is 259 g/mol. The summed E-state index contributed by atoms with van der Waals surface area (Å²) in [5.74, 6) is -0.964. The van der Waals surface area contributed by atoms with Crippen molar-refractivity contribution in [3.8, 4) is 11.1 Å². The van der Waals surface area contributed by atoms with Crippen molar-refractivity contribution in [1.82, 2.24) is 0 Å². The summed E-state index contributed by atoms with van der Waals surface area (Å²) in [5.41, 5.74) is 2.50. The number of hydrogen-bond donors (Lipinski definition) is 1. The van der Waals surface area contributed by atoms with Crippen LogP contribution in [0.2, 0.25) is 0 Å². The molecular formula is C16H15FO3. The number of rotatable bonds is 3. The molecule has 0 saturated carbocycles. The summed E-state index contributed by atoms with van der Waals surface area (Å²) in [6.45, 7) is 1.66. The molecule has 2 aromatic carbocycles. The fourth-order valence-electron chi connectivity index (χ4n) is 2.05. The van der Waals surface area contributed by atoms with Crippen LogP contribution in [0, 0.1) is 12.7 Å². The molecule has 0 radical (unpaired) electrons. The van der Waals surface area contributed by atoms with Gasteiger partial charge in [-0.05, 0) is 36.2 Å². The van der Waals surface area contributed by atoms with Gasteiger partial charge in [0.05, 0.1) is 19.3 Å². The fraction of sp³-hybridized carbons (Fsp3) is 0.188. The molecule has 0 saturated heterocycles. The van der Waals surface area contributed by atoms with Crippen LogP contribution in [0.1, 0.15) is 21.5 Å². The van der Waals surface area contributed by atoms with Crippen LogP contribution in [0.15, 0.2) is 36.4 Å². The number of ether oxygens (including phenoxy) is 1. The zero-order valence-electron chi connectivity index (χ0n) is 11.3. The summed E-state index contributed by atoms with van der Waals surface area (Å²) in [4.78, 5) is 11.8. The maximum Gasteiger partial charge on any atom is 0.338 e. The first-order chi connectivity index (χ1) is 9.56. The lowest BCUT2D eigenvalue weighted by Crippen LogP contribution is -2.05. The Morgan fingerprint density at radius 1 is 1.20 bits per heavy atom. The third-order valence-corrected chi connectivity index (χ3v) is 3.08. The number of aliphatic hydroxyl groups excluding tert-OH is 1. The molecule has 0 aromatic heterocycles. The summed E-state index contributed by atoms with van der Waals surface area (Å²) in [5, 5.41) is 9.15. The van der Waals surface area contributed by atoms with E-state index >= 15 is 0 Å². The lowest BCUT2D eigenvalue weighted by atomic mass is 9.96. The zero-order valence-corrected chi connectivity index (χ0v) is 11.3. The highest BCUT2D eigenvalue weighted by Crippen LogP contribution is 2.28. The number of benzene rings is 2. The molecule has 0 amide bonds. The molecule has 0 atom stereocenters. The summed E-state index contributed by atoms with van der Waals surface area (Å²) < 4.78 is 18.7. The molecule has 0 aliphatic rings. The fourth-order valence-corrected chi connectivity index (χ4v) is 2.05. The van der Waals surface area contributed by atoms with E-state index in [4.69, 9.17) is 9.84 Å². The van der Waals surface area contributed by atoms with Crippen LogP contribution in [-0.2, 0) is 11.3 Å². The standard InChI is InChI=1S/C16H15FO3/c1-10-3-6-15(17)13(7-10)12-5-4-11(9-18)8-14(12)16(19)20-2/h3-8,18H,9H2,1-2H3. The molecule has 2 rings (SSSR count). The Morgan fingerprint density at radius 2 is 1.95 bits per heavy atom. The van der Waals surface area contributed by atoms with E-state index in [1.807, 2.05) is 6.92 Å². The van der Waals surface area contributed by atoms with Gasteiger partial charge >= 0.3 is 5.97 Å². The van der Waals surface area contributed by atoms with Crippen molar-refractivity contribution in [1.29, 1.82) is 0 Å². The minimum atomic E-state index is -0.559. The zero-order chi connectivity index (χ0) is 14.7. The highest BCUT2D eigenvalue weighted by atomic mass is 19.1. The van der Waals surface area contributed by atoms with Gasteiger partial charge in [-0.15, -0.1) is 0 Å². The third-order valence-electron chi connectivity index (χ3n) is 3.08. The van der Waals surface area contributed by atoms with Gasteiger partial charge in [-0.25, -0.2) is 9.18 Å². The lowest BCUT2D eigenvalue weighted by Gasteiger charge is -2.11. The number of aryl methyl sites for hydroxylation is 1. The second-order valence-corrected chi connectivity index (χ2v) is 4.51. The van der Waals surface area contributed by atoms with E-state index in [1.54, 1.807) is 24.3 Å². The second kappa shape index (κ2) is 5.84. The number of carbonyl (C=O) groups is 1. The van der Waals surface area contributed by atoms with Gasteiger partial charge in [-0.3, -0.25) is 0 Å². The Bertz CT molecular complexity index is 650. The SMILES string of the molecule is COC(=O)c1cc(CO)ccc1-c1cc(C)ccc1F. The molecule has 20 heavy (non-hydrogen) atoms. The molecule has 0 aliphatic heterocycles. The largest absolute Gasteiger partial charge is 0.465 e. The van der Waals surface area contributed by atoms with Crippen molar-refractivity contribution in [2.24, 2.45) is 0 Å². The van der Waals surface area contributed by atoms with E-state index in [-0.39, 0.29) is 12.2 Å². The van der Waals surface area contributed by atoms with E-state index in [0.717, 1.165) is 5.56 Å². The van der Waals surface area contributed by atoms with E-state index in [2.05, 4.69) is 0 Å². The first-order valence-corrected chi connectivity index (χ1v) is 6.15. The van der Waals surface area contributed by atoms with Gasteiger partial charge in [0, 0.05) is 5.56 Å². The number of hydrogen-bond acceptors (Lipinski definition) is 3. The van der Waals surface area contributed by atoms with Crippen molar-refractivity contribution in [2.75, 3.05) is 7.11 Å². The van der Waals surface area contributed by atoms with Crippen LogP contribution in [0.3, 0.4) is 0 Å². The average Bonchev–Trinajstić information content (AvgIpc) is 2.48. The van der Waals surface area contributed by atoms with Crippen molar-refractivity contribution in [3.63, 3.8) is 0 Å². The van der Waals surface area contributed by atoms with Crippen molar-refractivity contribution >= 4 is 5.97 Å². The predicted molar refractivity (Wildman–Crippen MR) is 73.8 cm³/mol. The summed E-state index contributed by atoms with van der Waals surface area (Å²) >= 11 is 0. The molecule has 104 valence electrons. The van der Waals surface area contributed by atoms with Crippen LogP contribution in [0.4, 0.5) is 4.39 Å². The topological polar surface area (TPSA) is 46.5 Å². The van der Waals surface area contributed by atoms with Crippen molar-refractivity contribution in [3.05, 3.63) is 58.9 Å². The first-order valence-electron chi connectivity index (χ1n) is 6.15. The Balaban J connectivity index is 2.66. The summed E-state index contributed by atoms with van der Waals surface area (Å²) in [6, 6.07) is 9.50. The van der Waals surface area contributed by atoms with Crippen LogP contribution >= 0.6 is 0 Å². The van der Waals surface area contributed by atoms with Crippen LogP contribution in [-0.4, -0.2) is 18.2 Å². The van der Waals surface area contributed by atoms with E-state index in [1.165, 1.54) is 19.2 Å². The number of halogens is 1. The molecule has 4 heteroatoms. The Morgan fingerprint density at radius 3 is 2.60 bits per heavy atom. The second-order valence-electron chi connectivity index (χ2n) is 4.51. The quantitative estimate of drug-likeness (QED) is 0.875.